The van der Waals surface area contributed by atoms with E-state index in [1.54, 1.807) is 0 Å². The Labute approximate surface area is 170 Å². The molecule has 3 aromatic rings. The number of nitro groups is 1. The first-order valence-electron chi connectivity index (χ1n) is 9.08. The zero-order valence-corrected chi connectivity index (χ0v) is 15.6. The number of ketones is 1. The lowest BCUT2D eigenvalue weighted by Gasteiger charge is -2.26. The van der Waals surface area contributed by atoms with Crippen LogP contribution >= 0.6 is 0 Å². The van der Waals surface area contributed by atoms with E-state index in [0.717, 1.165) is 5.56 Å². The van der Waals surface area contributed by atoms with Gasteiger partial charge in [-0.05, 0) is 35.4 Å². The number of aliphatic hydroxyl groups excluding tert-OH is 1. The fraction of sp³-hybridized carbons (Fsp3) is 0.0909. The third kappa shape index (κ3) is 3.35. The number of furan rings is 1. The predicted octanol–water partition coefficient (Wildman–Crippen LogP) is 3.97. The van der Waals surface area contributed by atoms with Crippen LogP contribution in [-0.4, -0.2) is 26.6 Å². The highest BCUT2D eigenvalue weighted by Gasteiger charge is 2.44. The van der Waals surface area contributed by atoms with Crippen LogP contribution in [0.1, 0.15) is 27.7 Å². The van der Waals surface area contributed by atoms with E-state index < -0.39 is 28.4 Å². The molecule has 8 heteroatoms. The molecule has 1 N–H and O–H groups in total. The van der Waals surface area contributed by atoms with Crippen LogP contribution in [0.3, 0.4) is 0 Å². The van der Waals surface area contributed by atoms with Crippen molar-refractivity contribution in [3.63, 3.8) is 0 Å². The molecule has 2 aromatic carbocycles. The van der Waals surface area contributed by atoms with Gasteiger partial charge < -0.3 is 14.4 Å². The highest BCUT2D eigenvalue weighted by atomic mass is 16.6. The van der Waals surface area contributed by atoms with Crippen LogP contribution in [-0.2, 0) is 11.3 Å². The van der Waals surface area contributed by atoms with Crippen LogP contribution < -0.4 is 0 Å². The number of carbonyl (C=O) groups excluding carboxylic acids is 2. The number of nitrogens with zero attached hydrogens (tertiary/aromatic N) is 2. The van der Waals surface area contributed by atoms with E-state index >= 15 is 0 Å². The predicted molar refractivity (Wildman–Crippen MR) is 106 cm³/mol. The topological polar surface area (TPSA) is 114 Å². The van der Waals surface area contributed by atoms with Crippen molar-refractivity contribution in [2.45, 2.75) is 12.6 Å². The Balaban J connectivity index is 1.79. The maximum atomic E-state index is 13.0. The van der Waals surface area contributed by atoms with Crippen molar-refractivity contribution in [3.05, 3.63) is 111 Å². The smallest absolute Gasteiger partial charge is 0.290 e. The number of rotatable bonds is 6. The molecule has 4 rings (SSSR count). The molecule has 0 saturated carbocycles. The van der Waals surface area contributed by atoms with Crippen molar-refractivity contribution in [1.82, 2.24) is 4.90 Å². The van der Waals surface area contributed by atoms with E-state index in [4.69, 9.17) is 4.42 Å². The summed E-state index contributed by atoms with van der Waals surface area (Å²) in [6.45, 7) is 0.139. The SMILES string of the molecule is O=C(C1=C(O)C(=O)N(Cc2ccccc2)C1c1ccc([N+](=O)[O-])cc1)c1ccco1. The minimum absolute atomic E-state index is 0.0159. The first kappa shape index (κ1) is 19.1. The Bertz CT molecular complexity index is 1130. The molecule has 1 unspecified atom stereocenters. The lowest BCUT2D eigenvalue weighted by Crippen LogP contribution is -2.30. The zero-order valence-electron chi connectivity index (χ0n) is 15.6. The Hall–Kier alpha value is -4.20. The molecule has 8 nitrogen and oxygen atoms in total. The second-order valence-corrected chi connectivity index (χ2v) is 6.74. The average molecular weight is 404 g/mol. The fourth-order valence-electron chi connectivity index (χ4n) is 3.49. The molecule has 0 spiro atoms. The molecule has 0 fully saturated rings. The van der Waals surface area contributed by atoms with Gasteiger partial charge in [-0.15, -0.1) is 0 Å². The largest absolute Gasteiger partial charge is 0.503 e. The Kier molecular flexibility index (Phi) is 4.89. The maximum absolute atomic E-state index is 13.0. The summed E-state index contributed by atoms with van der Waals surface area (Å²) in [5.74, 6) is -1.99. The van der Waals surface area contributed by atoms with Crippen molar-refractivity contribution in [1.29, 1.82) is 0 Å². The summed E-state index contributed by atoms with van der Waals surface area (Å²) < 4.78 is 5.17. The number of hydrogen-bond acceptors (Lipinski definition) is 6. The van der Waals surface area contributed by atoms with Crippen molar-refractivity contribution in [2.75, 3.05) is 0 Å². The first-order valence-corrected chi connectivity index (χ1v) is 9.08. The molecule has 150 valence electrons. The van der Waals surface area contributed by atoms with Crippen molar-refractivity contribution in [3.8, 4) is 0 Å². The lowest BCUT2D eigenvalue weighted by molar-refractivity contribution is -0.384. The van der Waals surface area contributed by atoms with Crippen molar-refractivity contribution in [2.24, 2.45) is 0 Å². The molecule has 0 bridgehead atoms. The van der Waals surface area contributed by atoms with Gasteiger partial charge in [0.2, 0.25) is 5.78 Å². The van der Waals surface area contributed by atoms with Gasteiger partial charge in [0.15, 0.2) is 11.5 Å². The van der Waals surface area contributed by atoms with Gasteiger partial charge in [0.05, 0.1) is 22.8 Å². The highest BCUT2D eigenvalue weighted by molar-refractivity contribution is 6.15. The number of carbonyl (C=O) groups is 2. The van der Waals surface area contributed by atoms with Gasteiger partial charge in [0.25, 0.3) is 11.6 Å². The number of aliphatic hydroxyl groups is 1. The molecule has 30 heavy (non-hydrogen) atoms. The minimum Gasteiger partial charge on any atom is -0.503 e. The van der Waals surface area contributed by atoms with Gasteiger partial charge in [0, 0.05) is 18.7 Å². The fourth-order valence-corrected chi connectivity index (χ4v) is 3.49. The first-order chi connectivity index (χ1) is 14.5. The maximum Gasteiger partial charge on any atom is 0.290 e. The van der Waals surface area contributed by atoms with E-state index in [0.29, 0.717) is 5.56 Å². The summed E-state index contributed by atoms with van der Waals surface area (Å²) >= 11 is 0. The zero-order chi connectivity index (χ0) is 21.3. The van der Waals surface area contributed by atoms with Gasteiger partial charge >= 0.3 is 0 Å². The molecular formula is C22H16N2O6. The number of non-ortho nitro benzene ring substituents is 1. The number of benzene rings is 2. The highest BCUT2D eigenvalue weighted by Crippen LogP contribution is 2.40. The van der Waals surface area contributed by atoms with Gasteiger partial charge in [-0.1, -0.05) is 30.3 Å². The molecule has 1 aliphatic heterocycles. The number of hydrogen-bond donors (Lipinski definition) is 1. The van der Waals surface area contributed by atoms with E-state index in [9.17, 15) is 24.8 Å². The minimum atomic E-state index is -0.920. The van der Waals surface area contributed by atoms with Crippen LogP contribution in [0.15, 0.2) is 88.7 Å². The van der Waals surface area contributed by atoms with Gasteiger partial charge in [-0.2, -0.15) is 0 Å². The van der Waals surface area contributed by atoms with E-state index in [1.165, 1.54) is 47.6 Å². The molecule has 1 amide bonds. The monoisotopic (exact) mass is 404 g/mol. The van der Waals surface area contributed by atoms with Crippen LogP contribution in [0.25, 0.3) is 0 Å². The van der Waals surface area contributed by atoms with Crippen LogP contribution in [0.4, 0.5) is 5.69 Å². The van der Waals surface area contributed by atoms with Gasteiger partial charge in [-0.3, -0.25) is 19.7 Å². The summed E-state index contributed by atoms with van der Waals surface area (Å²) in [7, 11) is 0. The summed E-state index contributed by atoms with van der Waals surface area (Å²) in [6.07, 6.45) is 1.32. The van der Waals surface area contributed by atoms with E-state index in [-0.39, 0.29) is 23.6 Å². The summed E-state index contributed by atoms with van der Waals surface area (Å²) in [6, 6.07) is 16.7. The lowest BCUT2D eigenvalue weighted by atomic mass is 9.94. The van der Waals surface area contributed by atoms with E-state index in [1.807, 2.05) is 30.3 Å². The van der Waals surface area contributed by atoms with Gasteiger partial charge in [0.1, 0.15) is 0 Å². The Morgan fingerprint density at radius 2 is 1.77 bits per heavy atom. The molecular weight excluding hydrogens is 388 g/mol. The molecule has 1 aliphatic rings. The molecule has 1 atom stereocenters. The number of amides is 1. The van der Waals surface area contributed by atoms with Crippen LogP contribution in [0.5, 0.6) is 0 Å². The van der Waals surface area contributed by atoms with E-state index in [2.05, 4.69) is 0 Å². The average Bonchev–Trinajstić information content (AvgIpc) is 3.37. The summed E-state index contributed by atoms with van der Waals surface area (Å²) in [5, 5.41) is 21.6. The molecule has 0 radical (unpaired) electrons. The van der Waals surface area contributed by atoms with Crippen LogP contribution in [0, 0.1) is 10.1 Å². The Morgan fingerprint density at radius 3 is 2.37 bits per heavy atom. The number of nitro benzene ring substituents is 1. The summed E-state index contributed by atoms with van der Waals surface area (Å²) in [5.41, 5.74) is 1.02. The standard InChI is InChI=1S/C22H16N2O6/c25-20(17-7-4-12-30-17)18-19(15-8-10-16(11-9-15)24(28)29)23(22(27)21(18)26)13-14-5-2-1-3-6-14/h1-12,19,26H,13H2. The Morgan fingerprint density at radius 1 is 1.07 bits per heavy atom. The molecule has 1 aromatic heterocycles. The third-order valence-corrected chi connectivity index (χ3v) is 4.91. The second-order valence-electron chi connectivity index (χ2n) is 6.74. The normalized spacial score (nSPS) is 16.2. The molecule has 0 aliphatic carbocycles. The van der Waals surface area contributed by atoms with Crippen LogP contribution in [0.2, 0.25) is 0 Å². The molecule has 0 saturated heterocycles. The summed E-state index contributed by atoms with van der Waals surface area (Å²) in [4.78, 5) is 37.7. The van der Waals surface area contributed by atoms with Crippen molar-refractivity contribution >= 4 is 17.4 Å². The second kappa shape index (κ2) is 7.67. The third-order valence-electron chi connectivity index (χ3n) is 4.91. The quantitative estimate of drug-likeness (QED) is 0.378. The van der Waals surface area contributed by atoms with Gasteiger partial charge in [-0.25, -0.2) is 0 Å². The van der Waals surface area contributed by atoms with Crippen molar-refractivity contribution < 1.29 is 24.0 Å². The number of Topliss-reactive ketones (excluding diaryl/α,β-unsaturated/α-hetero) is 1. The molecule has 2 heterocycles.